The normalized spacial score (nSPS) is 12.2. The number of nitrogens with two attached hydrogens (primary N) is 1. The molecule has 0 radical (unpaired) electrons. The molecule has 0 bridgehead atoms. The topological polar surface area (TPSA) is 104 Å². The molecule has 1 aromatic carbocycles. The van der Waals surface area contributed by atoms with Crippen molar-refractivity contribution in [3.05, 3.63) is 29.8 Å². The van der Waals surface area contributed by atoms with Crippen LogP contribution < -0.4 is 5.73 Å². The van der Waals surface area contributed by atoms with Crippen LogP contribution in [0.25, 0.3) is 22.3 Å². The Morgan fingerprint density at radius 1 is 1.12 bits per heavy atom. The summed E-state index contributed by atoms with van der Waals surface area (Å²) in [6.45, 7) is 4.22. The van der Waals surface area contributed by atoms with E-state index in [0.717, 1.165) is 11.8 Å². The summed E-state index contributed by atoms with van der Waals surface area (Å²) >= 11 is 0. The lowest BCUT2D eigenvalue weighted by molar-refractivity contribution is 0.593. The summed E-state index contributed by atoms with van der Waals surface area (Å²) in [4.78, 5) is 8.31. The highest BCUT2D eigenvalue weighted by Crippen LogP contribution is 2.31. The number of hydrogen-bond acceptors (Lipinski definition) is 6. The van der Waals surface area contributed by atoms with E-state index in [9.17, 15) is 8.42 Å². The van der Waals surface area contributed by atoms with E-state index in [1.165, 1.54) is 10.2 Å². The second kappa shape index (κ2) is 5.55. The maximum atomic E-state index is 11.9. The lowest BCUT2D eigenvalue weighted by atomic mass is 10.00. The van der Waals surface area contributed by atoms with Gasteiger partial charge in [0.25, 0.3) is 0 Å². The maximum absolute atomic E-state index is 11.9. The van der Waals surface area contributed by atoms with Crippen molar-refractivity contribution in [2.24, 2.45) is 7.05 Å². The van der Waals surface area contributed by atoms with E-state index in [0.29, 0.717) is 22.8 Å². The Hall–Kier alpha value is -2.48. The van der Waals surface area contributed by atoms with Crippen LogP contribution in [0.1, 0.15) is 25.3 Å². The Morgan fingerprint density at radius 3 is 2.29 bits per heavy atom. The second-order valence-electron chi connectivity index (χ2n) is 6.11. The van der Waals surface area contributed by atoms with Crippen molar-refractivity contribution in [2.45, 2.75) is 24.9 Å². The molecule has 0 saturated carbocycles. The van der Waals surface area contributed by atoms with Crippen molar-refractivity contribution in [1.29, 1.82) is 0 Å². The Balaban J connectivity index is 2.32. The molecule has 2 heterocycles. The van der Waals surface area contributed by atoms with Gasteiger partial charge in [0.2, 0.25) is 15.0 Å². The van der Waals surface area contributed by atoms with Crippen LogP contribution >= 0.6 is 0 Å². The summed E-state index contributed by atoms with van der Waals surface area (Å²) in [5, 5.41) is 4.50. The third kappa shape index (κ3) is 2.73. The number of hydrogen-bond donors (Lipinski definition) is 1. The first kappa shape index (κ1) is 16.4. The monoisotopic (exact) mass is 345 g/mol. The molecule has 2 N–H and O–H groups in total. The molecule has 0 amide bonds. The average Bonchev–Trinajstić information content (AvgIpc) is 2.80. The van der Waals surface area contributed by atoms with Gasteiger partial charge in [-0.15, -0.1) is 0 Å². The van der Waals surface area contributed by atoms with Crippen molar-refractivity contribution >= 4 is 26.7 Å². The van der Waals surface area contributed by atoms with Gasteiger partial charge >= 0.3 is 0 Å². The standard InChI is InChI=1S/C16H19N5O2S/c1-9(2)10-5-7-11(8-6-10)13-12-14(17)21(3)20-15(12)19-16(18-13)24(4,22)23/h5-9H,17H2,1-4H3. The van der Waals surface area contributed by atoms with Gasteiger partial charge in [0.1, 0.15) is 5.82 Å². The van der Waals surface area contributed by atoms with E-state index in [2.05, 4.69) is 28.9 Å². The number of nitrogens with zero attached hydrogens (tertiary/aromatic N) is 4. The molecule has 0 aliphatic carbocycles. The largest absolute Gasteiger partial charge is 0.383 e. The van der Waals surface area contributed by atoms with Gasteiger partial charge in [-0.1, -0.05) is 38.1 Å². The average molecular weight is 345 g/mol. The minimum Gasteiger partial charge on any atom is -0.383 e. The van der Waals surface area contributed by atoms with Crippen LogP contribution in [-0.2, 0) is 16.9 Å². The number of aryl methyl sites for hydroxylation is 1. The van der Waals surface area contributed by atoms with E-state index in [1.54, 1.807) is 7.05 Å². The predicted octanol–water partition coefficient (Wildman–Crippen LogP) is 2.14. The van der Waals surface area contributed by atoms with E-state index in [1.807, 2.05) is 24.3 Å². The molecule has 0 aliphatic rings. The highest BCUT2D eigenvalue weighted by atomic mass is 32.2. The maximum Gasteiger partial charge on any atom is 0.249 e. The zero-order valence-corrected chi connectivity index (χ0v) is 14.8. The van der Waals surface area contributed by atoms with Crippen molar-refractivity contribution in [1.82, 2.24) is 19.7 Å². The Morgan fingerprint density at radius 2 is 1.75 bits per heavy atom. The van der Waals surface area contributed by atoms with Crippen LogP contribution in [-0.4, -0.2) is 34.4 Å². The Bertz CT molecular complexity index is 1020. The zero-order chi connectivity index (χ0) is 17.6. The minimum atomic E-state index is -3.56. The van der Waals surface area contributed by atoms with E-state index < -0.39 is 9.84 Å². The van der Waals surface area contributed by atoms with Crippen LogP contribution in [0.3, 0.4) is 0 Å². The molecule has 2 aromatic heterocycles. The van der Waals surface area contributed by atoms with Gasteiger partial charge in [0, 0.05) is 18.9 Å². The SMILES string of the molecule is CC(C)c1ccc(-c2nc(S(C)(=O)=O)nc3nn(C)c(N)c23)cc1. The molecule has 0 fully saturated rings. The van der Waals surface area contributed by atoms with Gasteiger partial charge in [-0.3, -0.25) is 4.68 Å². The van der Waals surface area contributed by atoms with Crippen LogP contribution in [0.4, 0.5) is 5.82 Å². The van der Waals surface area contributed by atoms with Crippen LogP contribution in [0, 0.1) is 0 Å². The molecule has 7 nitrogen and oxygen atoms in total. The Kier molecular flexibility index (Phi) is 3.79. The van der Waals surface area contributed by atoms with Crippen LogP contribution in [0.15, 0.2) is 29.4 Å². The number of rotatable bonds is 3. The molecule has 3 rings (SSSR count). The van der Waals surface area contributed by atoms with Crippen molar-refractivity contribution < 1.29 is 8.42 Å². The van der Waals surface area contributed by atoms with Crippen molar-refractivity contribution in [2.75, 3.05) is 12.0 Å². The van der Waals surface area contributed by atoms with Gasteiger partial charge in [-0.2, -0.15) is 10.1 Å². The van der Waals surface area contributed by atoms with Gasteiger partial charge in [0.15, 0.2) is 5.65 Å². The smallest absolute Gasteiger partial charge is 0.249 e. The first-order chi connectivity index (χ1) is 11.2. The first-order valence-corrected chi connectivity index (χ1v) is 9.38. The van der Waals surface area contributed by atoms with Crippen molar-refractivity contribution in [3.63, 3.8) is 0 Å². The second-order valence-corrected chi connectivity index (χ2v) is 8.02. The number of benzene rings is 1. The first-order valence-electron chi connectivity index (χ1n) is 7.49. The van der Waals surface area contributed by atoms with E-state index in [-0.39, 0.29) is 10.8 Å². The predicted molar refractivity (Wildman–Crippen MR) is 93.4 cm³/mol. The summed E-state index contributed by atoms with van der Waals surface area (Å²) in [5.41, 5.74) is 8.79. The molecular formula is C16H19N5O2S. The molecule has 0 atom stereocenters. The molecule has 126 valence electrons. The van der Waals surface area contributed by atoms with Gasteiger partial charge in [0.05, 0.1) is 11.1 Å². The molecule has 0 spiro atoms. The number of fused-ring (bicyclic) bond motifs is 1. The van der Waals surface area contributed by atoms with Gasteiger partial charge < -0.3 is 5.73 Å². The third-order valence-corrected chi connectivity index (χ3v) is 4.75. The number of anilines is 1. The lowest BCUT2D eigenvalue weighted by Crippen LogP contribution is -2.06. The van der Waals surface area contributed by atoms with Crippen LogP contribution in [0.2, 0.25) is 0 Å². The quantitative estimate of drug-likeness (QED) is 0.729. The molecule has 24 heavy (non-hydrogen) atoms. The van der Waals surface area contributed by atoms with E-state index in [4.69, 9.17) is 5.73 Å². The summed E-state index contributed by atoms with van der Waals surface area (Å²) in [7, 11) is -1.88. The summed E-state index contributed by atoms with van der Waals surface area (Å²) in [6, 6.07) is 7.83. The summed E-state index contributed by atoms with van der Waals surface area (Å²) in [5.74, 6) is 0.799. The molecule has 8 heteroatoms. The van der Waals surface area contributed by atoms with Gasteiger partial charge in [-0.05, 0) is 11.5 Å². The van der Waals surface area contributed by atoms with Gasteiger partial charge in [-0.25, -0.2) is 13.4 Å². The highest BCUT2D eigenvalue weighted by molar-refractivity contribution is 7.90. The summed E-state index contributed by atoms with van der Waals surface area (Å²) in [6.07, 6.45) is 1.08. The highest BCUT2D eigenvalue weighted by Gasteiger charge is 2.21. The third-order valence-electron chi connectivity index (χ3n) is 3.90. The molecule has 3 aromatic rings. The van der Waals surface area contributed by atoms with Crippen LogP contribution in [0.5, 0.6) is 0 Å². The number of aromatic nitrogens is 4. The lowest BCUT2D eigenvalue weighted by Gasteiger charge is -2.08. The fourth-order valence-corrected chi connectivity index (χ4v) is 3.00. The fraction of sp³-hybridized carbons (Fsp3) is 0.312. The number of sulfone groups is 1. The molecule has 0 unspecified atom stereocenters. The fourth-order valence-electron chi connectivity index (χ4n) is 2.50. The van der Waals surface area contributed by atoms with E-state index >= 15 is 0 Å². The minimum absolute atomic E-state index is 0.254. The molecular weight excluding hydrogens is 326 g/mol. The van der Waals surface area contributed by atoms with Crippen molar-refractivity contribution in [3.8, 4) is 11.3 Å². The molecule has 0 saturated heterocycles. The summed E-state index contributed by atoms with van der Waals surface area (Å²) < 4.78 is 25.3. The Labute approximate surface area is 140 Å². The molecule has 0 aliphatic heterocycles. The zero-order valence-electron chi connectivity index (χ0n) is 14.0. The number of nitrogen functional groups attached to an aromatic ring is 1.